The van der Waals surface area contributed by atoms with Gasteiger partial charge in [0.15, 0.2) is 5.96 Å². The first-order valence-electron chi connectivity index (χ1n) is 10.5. The van der Waals surface area contributed by atoms with Gasteiger partial charge in [0.25, 0.3) is 0 Å². The Morgan fingerprint density at radius 3 is 2.34 bits per heavy atom. The quantitative estimate of drug-likeness (QED) is 0.559. The molecule has 1 aromatic carbocycles. The lowest BCUT2D eigenvalue weighted by molar-refractivity contribution is 0.221. The van der Waals surface area contributed by atoms with Crippen molar-refractivity contribution in [3.63, 3.8) is 0 Å². The maximum absolute atomic E-state index is 4.63. The summed E-state index contributed by atoms with van der Waals surface area (Å²) in [7, 11) is 5.79. The Morgan fingerprint density at radius 2 is 1.66 bits per heavy atom. The Labute approximate surface area is 175 Å². The fraction of sp³-hybridized carbons (Fsp3) is 0.478. The van der Waals surface area contributed by atoms with E-state index in [-0.39, 0.29) is 0 Å². The first kappa shape index (κ1) is 21.1. The Hall–Kier alpha value is -2.60. The minimum Gasteiger partial charge on any atom is -0.363 e. The Morgan fingerprint density at radius 1 is 0.966 bits per heavy atom. The van der Waals surface area contributed by atoms with E-state index in [9.17, 15) is 0 Å². The molecule has 2 aromatic rings. The normalized spacial score (nSPS) is 15.2. The van der Waals surface area contributed by atoms with Crippen molar-refractivity contribution in [2.45, 2.75) is 38.9 Å². The molecule has 1 aromatic heterocycles. The predicted octanol–water partition coefficient (Wildman–Crippen LogP) is 3.00. The van der Waals surface area contributed by atoms with Crippen LogP contribution in [-0.2, 0) is 19.6 Å². The number of anilines is 1. The molecule has 6 nitrogen and oxygen atoms in total. The van der Waals surface area contributed by atoms with Gasteiger partial charge in [0.1, 0.15) is 5.82 Å². The second-order valence-electron chi connectivity index (χ2n) is 7.81. The van der Waals surface area contributed by atoms with Gasteiger partial charge in [-0.2, -0.15) is 0 Å². The number of aromatic nitrogens is 1. The molecule has 1 fully saturated rings. The summed E-state index contributed by atoms with van der Waals surface area (Å²) in [5, 5.41) is 6.72. The topological polar surface area (TPSA) is 55.8 Å². The summed E-state index contributed by atoms with van der Waals surface area (Å²) in [4.78, 5) is 13.5. The number of nitrogens with one attached hydrogen (secondary N) is 2. The van der Waals surface area contributed by atoms with Crippen molar-refractivity contribution < 1.29 is 0 Å². The van der Waals surface area contributed by atoms with Crippen molar-refractivity contribution in [1.82, 2.24) is 20.5 Å². The van der Waals surface area contributed by atoms with Gasteiger partial charge in [-0.3, -0.25) is 9.89 Å². The van der Waals surface area contributed by atoms with Crippen molar-refractivity contribution >= 4 is 11.8 Å². The molecule has 0 saturated carbocycles. The molecule has 0 atom stereocenters. The van der Waals surface area contributed by atoms with Crippen LogP contribution in [0.25, 0.3) is 0 Å². The van der Waals surface area contributed by atoms with Gasteiger partial charge in [-0.05, 0) is 49.2 Å². The maximum atomic E-state index is 4.63. The van der Waals surface area contributed by atoms with E-state index in [1.807, 2.05) is 37.2 Å². The summed E-state index contributed by atoms with van der Waals surface area (Å²) in [6, 6.07) is 15.0. The van der Waals surface area contributed by atoms with Gasteiger partial charge < -0.3 is 15.5 Å². The number of rotatable bonds is 7. The van der Waals surface area contributed by atoms with Crippen molar-refractivity contribution in [3.05, 3.63) is 59.3 Å². The molecule has 1 aliphatic rings. The van der Waals surface area contributed by atoms with Crippen molar-refractivity contribution in [1.29, 1.82) is 0 Å². The van der Waals surface area contributed by atoms with E-state index in [1.165, 1.54) is 43.5 Å². The van der Waals surface area contributed by atoms with E-state index < -0.39 is 0 Å². The van der Waals surface area contributed by atoms with Crippen LogP contribution in [0.5, 0.6) is 0 Å². The predicted molar refractivity (Wildman–Crippen MR) is 121 cm³/mol. The first-order valence-corrected chi connectivity index (χ1v) is 10.5. The number of guanidine groups is 1. The molecule has 0 unspecified atom stereocenters. The zero-order valence-corrected chi connectivity index (χ0v) is 18.0. The number of nitrogens with zero attached hydrogens (tertiary/aromatic N) is 4. The molecule has 29 heavy (non-hydrogen) atoms. The minimum atomic E-state index is 0.635. The Kier molecular flexibility index (Phi) is 7.87. The highest BCUT2D eigenvalue weighted by Gasteiger charge is 2.10. The smallest absolute Gasteiger partial charge is 0.191 e. The molecular formula is C23H34N6. The fourth-order valence-electron chi connectivity index (χ4n) is 3.53. The Balaban J connectivity index is 1.46. The van der Waals surface area contributed by atoms with E-state index >= 15 is 0 Å². The second kappa shape index (κ2) is 10.8. The molecule has 2 heterocycles. The van der Waals surface area contributed by atoms with Gasteiger partial charge in [-0.15, -0.1) is 0 Å². The molecule has 0 aliphatic carbocycles. The zero-order valence-electron chi connectivity index (χ0n) is 18.0. The Bertz CT molecular complexity index is 778. The number of benzene rings is 1. The van der Waals surface area contributed by atoms with Crippen LogP contribution in [0, 0.1) is 0 Å². The monoisotopic (exact) mass is 394 g/mol. The van der Waals surface area contributed by atoms with Crippen LogP contribution >= 0.6 is 0 Å². The summed E-state index contributed by atoms with van der Waals surface area (Å²) in [5.74, 6) is 1.73. The lowest BCUT2D eigenvalue weighted by Crippen LogP contribution is -2.36. The van der Waals surface area contributed by atoms with Crippen LogP contribution in [0.15, 0.2) is 47.5 Å². The number of pyridine rings is 1. The van der Waals surface area contributed by atoms with Crippen LogP contribution in [-0.4, -0.2) is 50.1 Å². The third-order valence-corrected chi connectivity index (χ3v) is 5.25. The van der Waals surface area contributed by atoms with E-state index in [0.29, 0.717) is 6.54 Å². The molecule has 0 spiro atoms. The number of likely N-dealkylation sites (tertiary alicyclic amines) is 1. The summed E-state index contributed by atoms with van der Waals surface area (Å²) in [6.07, 6.45) is 4.06. The van der Waals surface area contributed by atoms with E-state index in [4.69, 9.17) is 0 Å². The lowest BCUT2D eigenvalue weighted by atomic mass is 10.1. The molecule has 2 N–H and O–H groups in total. The average Bonchev–Trinajstić information content (AvgIpc) is 2.76. The van der Waals surface area contributed by atoms with Gasteiger partial charge in [0.05, 0.1) is 12.2 Å². The van der Waals surface area contributed by atoms with Gasteiger partial charge in [-0.1, -0.05) is 36.8 Å². The number of hydrogen-bond acceptors (Lipinski definition) is 4. The molecule has 0 bridgehead atoms. The summed E-state index contributed by atoms with van der Waals surface area (Å²) in [5.41, 5.74) is 3.63. The van der Waals surface area contributed by atoms with Crippen LogP contribution in [0.4, 0.5) is 5.82 Å². The van der Waals surface area contributed by atoms with Crippen molar-refractivity contribution in [2.24, 2.45) is 4.99 Å². The van der Waals surface area contributed by atoms with E-state index in [2.05, 4.69) is 49.8 Å². The van der Waals surface area contributed by atoms with Gasteiger partial charge in [-0.25, -0.2) is 4.98 Å². The molecule has 1 aliphatic heterocycles. The highest BCUT2D eigenvalue weighted by atomic mass is 15.2. The van der Waals surface area contributed by atoms with Crippen LogP contribution in [0.3, 0.4) is 0 Å². The number of aliphatic imine (C=N–C) groups is 1. The molecule has 0 amide bonds. The molecule has 6 heteroatoms. The second-order valence-corrected chi connectivity index (χ2v) is 7.81. The minimum absolute atomic E-state index is 0.635. The van der Waals surface area contributed by atoms with Gasteiger partial charge in [0.2, 0.25) is 0 Å². The SMILES string of the molecule is CN=C(NCc1ccc(CN2CCCCC2)cc1)NCc1cccc(N(C)C)n1. The molecule has 1 saturated heterocycles. The summed E-state index contributed by atoms with van der Waals surface area (Å²) in [6.45, 7) is 4.91. The fourth-order valence-corrected chi connectivity index (χ4v) is 3.53. The summed E-state index contributed by atoms with van der Waals surface area (Å²) < 4.78 is 0. The summed E-state index contributed by atoms with van der Waals surface area (Å²) >= 11 is 0. The van der Waals surface area contributed by atoms with Crippen LogP contribution in [0.1, 0.15) is 36.1 Å². The highest BCUT2D eigenvalue weighted by Crippen LogP contribution is 2.13. The molecule has 3 rings (SSSR count). The van der Waals surface area contributed by atoms with Gasteiger partial charge in [0, 0.05) is 34.2 Å². The lowest BCUT2D eigenvalue weighted by Gasteiger charge is -2.26. The van der Waals surface area contributed by atoms with Crippen molar-refractivity contribution in [2.75, 3.05) is 39.1 Å². The van der Waals surface area contributed by atoms with Gasteiger partial charge >= 0.3 is 0 Å². The highest BCUT2D eigenvalue weighted by molar-refractivity contribution is 5.79. The zero-order chi connectivity index (χ0) is 20.5. The standard InChI is InChI=1S/C23H34N6/c1-24-23(26-17-21-8-7-9-22(27-21)28(2)3)25-16-19-10-12-20(13-11-19)18-29-14-5-4-6-15-29/h7-13H,4-6,14-18H2,1-3H3,(H2,24,25,26). The molecule has 156 valence electrons. The van der Waals surface area contributed by atoms with Crippen LogP contribution < -0.4 is 15.5 Å². The third kappa shape index (κ3) is 6.75. The first-order chi connectivity index (χ1) is 14.1. The third-order valence-electron chi connectivity index (χ3n) is 5.25. The maximum Gasteiger partial charge on any atom is 0.191 e. The van der Waals surface area contributed by atoms with Crippen molar-refractivity contribution in [3.8, 4) is 0 Å². The average molecular weight is 395 g/mol. The van der Waals surface area contributed by atoms with E-state index in [0.717, 1.165) is 30.6 Å². The molecule has 0 radical (unpaired) electrons. The largest absolute Gasteiger partial charge is 0.363 e. The van der Waals surface area contributed by atoms with Crippen LogP contribution in [0.2, 0.25) is 0 Å². The number of hydrogen-bond donors (Lipinski definition) is 2. The van der Waals surface area contributed by atoms with E-state index in [1.54, 1.807) is 7.05 Å². The molecular weight excluding hydrogens is 360 g/mol. The number of piperidine rings is 1.